The van der Waals surface area contributed by atoms with E-state index in [1.807, 2.05) is 0 Å². The Morgan fingerprint density at radius 2 is 1.91 bits per heavy atom. The van der Waals surface area contributed by atoms with Crippen molar-refractivity contribution in [3.63, 3.8) is 0 Å². The highest BCUT2D eigenvalue weighted by Crippen LogP contribution is 2.19. The van der Waals surface area contributed by atoms with Crippen molar-refractivity contribution in [3.8, 4) is 0 Å². The van der Waals surface area contributed by atoms with Crippen molar-refractivity contribution in [1.29, 1.82) is 0 Å². The SMILES string of the molecule is OC1O[C@H](COBr)[C@H](O)[C@H]1O. The van der Waals surface area contributed by atoms with Crippen molar-refractivity contribution in [2.75, 3.05) is 6.61 Å². The van der Waals surface area contributed by atoms with E-state index in [-0.39, 0.29) is 6.61 Å². The number of ether oxygens (including phenoxy) is 1. The molecule has 0 bridgehead atoms. The van der Waals surface area contributed by atoms with Crippen LogP contribution in [-0.2, 0) is 8.57 Å². The predicted molar refractivity (Wildman–Crippen MR) is 37.8 cm³/mol. The van der Waals surface area contributed by atoms with Gasteiger partial charge in [0.1, 0.15) is 18.3 Å². The van der Waals surface area contributed by atoms with E-state index >= 15 is 0 Å². The van der Waals surface area contributed by atoms with Gasteiger partial charge in [0, 0.05) is 0 Å². The third kappa shape index (κ3) is 1.90. The van der Waals surface area contributed by atoms with Crippen molar-refractivity contribution < 1.29 is 23.9 Å². The number of rotatable bonds is 2. The molecule has 1 aliphatic rings. The first-order valence-electron chi connectivity index (χ1n) is 3.10. The number of aliphatic hydroxyl groups is 3. The maximum atomic E-state index is 9.12. The van der Waals surface area contributed by atoms with Gasteiger partial charge in [0.15, 0.2) is 6.29 Å². The quantitative estimate of drug-likeness (QED) is 0.551. The molecule has 5 nitrogen and oxygen atoms in total. The zero-order valence-corrected chi connectivity index (χ0v) is 7.14. The highest BCUT2D eigenvalue weighted by atomic mass is 79.9. The van der Waals surface area contributed by atoms with Crippen LogP contribution in [0.2, 0.25) is 0 Å². The van der Waals surface area contributed by atoms with Crippen molar-refractivity contribution in [1.82, 2.24) is 0 Å². The molecule has 1 unspecified atom stereocenters. The van der Waals surface area contributed by atoms with Crippen molar-refractivity contribution >= 4 is 16.3 Å². The van der Waals surface area contributed by atoms with Crippen LogP contribution < -0.4 is 0 Å². The minimum absolute atomic E-state index is 0.0787. The molecule has 0 aromatic carbocycles. The van der Waals surface area contributed by atoms with Gasteiger partial charge in [-0.3, -0.25) is 0 Å². The minimum Gasteiger partial charge on any atom is -0.387 e. The number of aliphatic hydroxyl groups excluding tert-OH is 3. The van der Waals surface area contributed by atoms with Gasteiger partial charge in [0.2, 0.25) is 0 Å². The lowest BCUT2D eigenvalue weighted by atomic mass is 10.1. The van der Waals surface area contributed by atoms with Gasteiger partial charge in [0.25, 0.3) is 0 Å². The molecule has 6 heteroatoms. The lowest BCUT2D eigenvalue weighted by Gasteiger charge is -2.11. The zero-order chi connectivity index (χ0) is 8.43. The molecule has 1 saturated heterocycles. The summed E-state index contributed by atoms with van der Waals surface area (Å²) in [7, 11) is 0. The molecule has 0 radical (unpaired) electrons. The van der Waals surface area contributed by atoms with Crippen molar-refractivity contribution in [2.45, 2.75) is 24.6 Å². The summed E-state index contributed by atoms with van der Waals surface area (Å²) < 4.78 is 9.22. The Hall–Kier alpha value is 0.280. The smallest absolute Gasteiger partial charge is 0.184 e. The van der Waals surface area contributed by atoms with Crippen LogP contribution in [-0.4, -0.2) is 46.5 Å². The maximum absolute atomic E-state index is 9.12. The van der Waals surface area contributed by atoms with Gasteiger partial charge >= 0.3 is 0 Å². The molecule has 1 heterocycles. The fraction of sp³-hybridized carbons (Fsp3) is 1.00. The van der Waals surface area contributed by atoms with Crippen LogP contribution in [0.3, 0.4) is 0 Å². The van der Waals surface area contributed by atoms with Gasteiger partial charge in [0.05, 0.1) is 22.9 Å². The molecule has 0 aromatic heterocycles. The van der Waals surface area contributed by atoms with E-state index < -0.39 is 24.6 Å². The third-order valence-corrected chi connectivity index (χ3v) is 1.83. The molecular weight excluding hydrogens is 220 g/mol. The molecule has 11 heavy (non-hydrogen) atoms. The first-order valence-corrected chi connectivity index (χ1v) is 3.74. The van der Waals surface area contributed by atoms with Gasteiger partial charge in [-0.2, -0.15) is 0 Å². The van der Waals surface area contributed by atoms with E-state index in [0.29, 0.717) is 0 Å². The van der Waals surface area contributed by atoms with Gasteiger partial charge in [-0.1, -0.05) is 0 Å². The molecular formula is C5H9BrO5. The van der Waals surface area contributed by atoms with Crippen LogP contribution in [0.5, 0.6) is 0 Å². The van der Waals surface area contributed by atoms with Crippen LogP contribution in [0.4, 0.5) is 0 Å². The number of halogens is 1. The monoisotopic (exact) mass is 228 g/mol. The Morgan fingerprint density at radius 3 is 2.27 bits per heavy atom. The highest BCUT2D eigenvalue weighted by Gasteiger charge is 2.41. The van der Waals surface area contributed by atoms with Crippen LogP contribution in [0.1, 0.15) is 0 Å². The lowest BCUT2D eigenvalue weighted by Crippen LogP contribution is -2.33. The van der Waals surface area contributed by atoms with Gasteiger partial charge in [-0.15, -0.1) is 0 Å². The summed E-state index contributed by atoms with van der Waals surface area (Å²) in [6, 6.07) is 0. The first kappa shape index (κ1) is 9.37. The van der Waals surface area contributed by atoms with Crippen LogP contribution >= 0.6 is 16.3 Å². The second-order valence-electron chi connectivity index (χ2n) is 2.32. The highest BCUT2D eigenvalue weighted by molar-refractivity contribution is 9.06. The fourth-order valence-electron chi connectivity index (χ4n) is 0.929. The second kappa shape index (κ2) is 3.79. The van der Waals surface area contributed by atoms with E-state index in [2.05, 4.69) is 20.1 Å². The zero-order valence-electron chi connectivity index (χ0n) is 5.55. The van der Waals surface area contributed by atoms with Crippen LogP contribution in [0.15, 0.2) is 0 Å². The molecule has 4 atom stereocenters. The van der Waals surface area contributed by atoms with E-state index in [4.69, 9.17) is 20.1 Å². The van der Waals surface area contributed by atoms with E-state index in [1.54, 1.807) is 0 Å². The topological polar surface area (TPSA) is 79.2 Å². The van der Waals surface area contributed by atoms with E-state index in [9.17, 15) is 0 Å². The van der Waals surface area contributed by atoms with Crippen LogP contribution in [0.25, 0.3) is 0 Å². The van der Waals surface area contributed by atoms with Gasteiger partial charge in [-0.05, 0) is 0 Å². The summed E-state index contributed by atoms with van der Waals surface area (Å²) in [6.45, 7) is 0.0787. The molecule has 0 saturated carbocycles. The average Bonchev–Trinajstić information content (AvgIpc) is 2.19. The molecule has 0 spiro atoms. The summed E-state index contributed by atoms with van der Waals surface area (Å²) in [6.07, 6.45) is -4.35. The largest absolute Gasteiger partial charge is 0.387 e. The molecule has 66 valence electrons. The summed E-state index contributed by atoms with van der Waals surface area (Å²) in [5.41, 5.74) is 0. The molecule has 1 fully saturated rings. The average molecular weight is 229 g/mol. The standard InChI is InChI=1S/C5H9BrO5/c6-10-1-2-3(7)4(8)5(9)11-2/h2-5,7-9H,1H2/t2-,3+,4-,5?/m1/s1. The Morgan fingerprint density at radius 1 is 1.27 bits per heavy atom. The maximum Gasteiger partial charge on any atom is 0.184 e. The van der Waals surface area contributed by atoms with Crippen molar-refractivity contribution in [3.05, 3.63) is 0 Å². The summed E-state index contributed by atoms with van der Waals surface area (Å²) in [5, 5.41) is 27.0. The number of hydrogen-bond donors (Lipinski definition) is 3. The Balaban J connectivity index is 2.45. The van der Waals surface area contributed by atoms with E-state index in [1.165, 1.54) is 0 Å². The first-order chi connectivity index (χ1) is 5.16. The number of hydrogen-bond acceptors (Lipinski definition) is 5. The Bertz CT molecular complexity index is 132. The molecule has 3 N–H and O–H groups in total. The molecule has 1 aliphatic heterocycles. The summed E-state index contributed by atoms with van der Waals surface area (Å²) in [4.78, 5) is 0. The molecule has 0 aliphatic carbocycles. The molecule has 1 rings (SSSR count). The third-order valence-electron chi connectivity index (χ3n) is 1.56. The van der Waals surface area contributed by atoms with E-state index in [0.717, 1.165) is 0 Å². The second-order valence-corrected chi connectivity index (χ2v) is 2.78. The Labute approximate surface area is 72.0 Å². The fourth-order valence-corrected chi connectivity index (χ4v) is 1.19. The summed E-state index contributed by atoms with van der Waals surface area (Å²) >= 11 is 2.67. The minimum atomic E-state index is -1.32. The van der Waals surface area contributed by atoms with Gasteiger partial charge < -0.3 is 23.9 Å². The Kier molecular flexibility index (Phi) is 3.23. The van der Waals surface area contributed by atoms with Crippen molar-refractivity contribution in [2.24, 2.45) is 0 Å². The lowest BCUT2D eigenvalue weighted by molar-refractivity contribution is -0.130. The van der Waals surface area contributed by atoms with Gasteiger partial charge in [-0.25, -0.2) is 0 Å². The normalized spacial score (nSPS) is 44.7. The summed E-state index contributed by atoms with van der Waals surface area (Å²) in [5.74, 6) is 0. The molecule has 0 aromatic rings. The van der Waals surface area contributed by atoms with Crippen LogP contribution in [0, 0.1) is 0 Å². The molecule has 0 amide bonds. The predicted octanol–water partition coefficient (Wildman–Crippen LogP) is -1.25.